The van der Waals surface area contributed by atoms with E-state index in [0.717, 1.165) is 11.4 Å². The highest BCUT2D eigenvalue weighted by Gasteiger charge is 2.22. The second kappa shape index (κ2) is 3.54. The van der Waals surface area contributed by atoms with Crippen LogP contribution in [0.25, 0.3) is 0 Å². The van der Waals surface area contributed by atoms with Crippen molar-refractivity contribution >= 4 is 22.4 Å². The number of nitrogens with two attached hydrogens (primary N) is 1. The molecule has 0 bridgehead atoms. The summed E-state index contributed by atoms with van der Waals surface area (Å²) in [6, 6.07) is 1.92. The topological polar surface area (TPSA) is 42.1 Å². The van der Waals surface area contributed by atoms with Crippen LogP contribution in [0, 0.1) is 0 Å². The van der Waals surface area contributed by atoms with Crippen LogP contribution in [0.2, 0.25) is 0 Å². The molecule has 1 aromatic rings. The van der Waals surface area contributed by atoms with Gasteiger partial charge in [-0.3, -0.25) is 0 Å². The van der Waals surface area contributed by atoms with Crippen molar-refractivity contribution < 1.29 is 0 Å². The number of rotatable bonds is 3. The van der Waals surface area contributed by atoms with Crippen molar-refractivity contribution in [2.24, 2.45) is 0 Å². The van der Waals surface area contributed by atoms with Crippen LogP contribution < -0.4 is 10.6 Å². The van der Waals surface area contributed by atoms with Gasteiger partial charge in [0.05, 0.1) is 0 Å². The van der Waals surface area contributed by atoms with Crippen LogP contribution in [0.15, 0.2) is 6.07 Å². The number of aromatic nitrogens is 1. The first-order valence-electron chi connectivity index (χ1n) is 4.43. The molecule has 0 aliphatic rings. The number of nitrogen functional groups attached to an aromatic ring is 1. The van der Waals surface area contributed by atoms with Crippen LogP contribution in [-0.2, 0) is 0 Å². The second-order valence-electron chi connectivity index (χ2n) is 3.82. The van der Waals surface area contributed by atoms with Gasteiger partial charge in [0.15, 0.2) is 0 Å². The van der Waals surface area contributed by atoms with Gasteiger partial charge in [0.25, 0.3) is 0 Å². The molecule has 0 unspecified atom stereocenters. The first-order valence-corrected chi connectivity index (χ1v) is 5.20. The molecule has 3 nitrogen and oxygen atoms in total. The first-order chi connectivity index (χ1) is 5.97. The summed E-state index contributed by atoms with van der Waals surface area (Å²) in [6.45, 7) is 6.60. The van der Waals surface area contributed by atoms with Crippen LogP contribution >= 0.6 is 11.5 Å². The van der Waals surface area contributed by atoms with Gasteiger partial charge in [-0.15, -0.1) is 0 Å². The molecule has 0 fully saturated rings. The van der Waals surface area contributed by atoms with E-state index in [1.165, 1.54) is 11.5 Å². The van der Waals surface area contributed by atoms with Crippen molar-refractivity contribution in [3.05, 3.63) is 6.07 Å². The lowest BCUT2D eigenvalue weighted by Gasteiger charge is -2.35. The fraction of sp³-hybridized carbons (Fsp3) is 0.667. The predicted octanol–water partition coefficient (Wildman–Crippen LogP) is 2.35. The highest BCUT2D eigenvalue weighted by molar-refractivity contribution is 7.10. The molecule has 1 rings (SSSR count). The number of anilines is 2. The Morgan fingerprint density at radius 2 is 2.23 bits per heavy atom. The summed E-state index contributed by atoms with van der Waals surface area (Å²) >= 11 is 1.45. The Balaban J connectivity index is 2.84. The fourth-order valence-electron chi connectivity index (χ4n) is 0.972. The van der Waals surface area contributed by atoms with Crippen LogP contribution in [0.3, 0.4) is 0 Å². The Kier molecular flexibility index (Phi) is 2.81. The minimum Gasteiger partial charge on any atom is -0.383 e. The molecule has 1 heterocycles. The summed E-state index contributed by atoms with van der Waals surface area (Å²) in [6.07, 6.45) is 1.10. The zero-order valence-corrected chi connectivity index (χ0v) is 9.48. The smallest absolute Gasteiger partial charge is 0.139 e. The highest BCUT2D eigenvalue weighted by atomic mass is 32.1. The third-order valence-corrected chi connectivity index (χ3v) is 3.50. The molecule has 0 saturated heterocycles. The van der Waals surface area contributed by atoms with E-state index in [0.29, 0.717) is 5.82 Å². The molecule has 0 aliphatic carbocycles. The summed E-state index contributed by atoms with van der Waals surface area (Å²) in [4.78, 5) is 2.22. The second-order valence-corrected chi connectivity index (χ2v) is 4.60. The van der Waals surface area contributed by atoms with E-state index in [1.54, 1.807) is 0 Å². The van der Waals surface area contributed by atoms with E-state index in [1.807, 2.05) is 6.07 Å². The van der Waals surface area contributed by atoms with Crippen molar-refractivity contribution in [3.8, 4) is 0 Å². The maximum atomic E-state index is 5.57. The molecule has 1 aromatic heterocycles. The van der Waals surface area contributed by atoms with Gasteiger partial charge in [-0.1, -0.05) is 6.92 Å². The van der Waals surface area contributed by atoms with E-state index in [-0.39, 0.29) is 5.54 Å². The molecule has 2 N–H and O–H groups in total. The largest absolute Gasteiger partial charge is 0.383 e. The zero-order chi connectivity index (χ0) is 10.1. The molecule has 0 radical (unpaired) electrons. The van der Waals surface area contributed by atoms with E-state index in [2.05, 4.69) is 37.1 Å². The van der Waals surface area contributed by atoms with Crippen molar-refractivity contribution in [2.45, 2.75) is 32.7 Å². The minimum absolute atomic E-state index is 0.166. The first kappa shape index (κ1) is 10.3. The maximum absolute atomic E-state index is 5.57. The van der Waals surface area contributed by atoms with Crippen molar-refractivity contribution in [3.63, 3.8) is 0 Å². The molecule has 74 valence electrons. The Labute approximate surface area is 83.7 Å². The van der Waals surface area contributed by atoms with Crippen LogP contribution in [0.1, 0.15) is 27.2 Å². The Bertz CT molecular complexity index is 280. The molecule has 0 saturated carbocycles. The molecule has 0 aliphatic heterocycles. The normalized spacial score (nSPS) is 11.7. The number of hydrogen-bond acceptors (Lipinski definition) is 4. The summed E-state index contributed by atoms with van der Waals surface area (Å²) < 4.78 is 4.06. The lowest BCUT2D eigenvalue weighted by Crippen LogP contribution is -2.40. The van der Waals surface area contributed by atoms with Gasteiger partial charge in [-0.25, -0.2) is 0 Å². The lowest BCUT2D eigenvalue weighted by molar-refractivity contribution is 0.473. The zero-order valence-electron chi connectivity index (χ0n) is 8.66. The quantitative estimate of drug-likeness (QED) is 0.812. The standard InChI is InChI=1S/C9H17N3S/c1-5-9(2,3)12(4)8-6-7(10)11-13-8/h6H,5H2,1-4H3,(H2,10,11). The maximum Gasteiger partial charge on any atom is 0.139 e. The fourth-order valence-corrected chi connectivity index (χ4v) is 1.77. The van der Waals surface area contributed by atoms with Crippen molar-refractivity contribution in [2.75, 3.05) is 17.7 Å². The molecule has 13 heavy (non-hydrogen) atoms. The Morgan fingerprint density at radius 1 is 1.62 bits per heavy atom. The SMILES string of the molecule is CCC(C)(C)N(C)c1cc(N)ns1. The molecular formula is C9H17N3S. The Hall–Kier alpha value is -0.770. The van der Waals surface area contributed by atoms with Crippen LogP contribution in [0.5, 0.6) is 0 Å². The van der Waals surface area contributed by atoms with Crippen LogP contribution in [-0.4, -0.2) is 17.0 Å². The molecule has 4 heteroatoms. The minimum atomic E-state index is 0.166. The monoisotopic (exact) mass is 199 g/mol. The van der Waals surface area contributed by atoms with E-state index in [9.17, 15) is 0 Å². The molecule has 0 amide bonds. The van der Waals surface area contributed by atoms with Crippen molar-refractivity contribution in [1.82, 2.24) is 4.37 Å². The summed E-state index contributed by atoms with van der Waals surface area (Å²) in [5.41, 5.74) is 5.74. The number of hydrogen-bond donors (Lipinski definition) is 1. The third-order valence-electron chi connectivity index (χ3n) is 2.62. The van der Waals surface area contributed by atoms with Gasteiger partial charge in [0.1, 0.15) is 10.8 Å². The average molecular weight is 199 g/mol. The molecule has 0 spiro atoms. The van der Waals surface area contributed by atoms with E-state index < -0.39 is 0 Å². The van der Waals surface area contributed by atoms with Crippen LogP contribution in [0.4, 0.5) is 10.8 Å². The Morgan fingerprint density at radius 3 is 2.62 bits per heavy atom. The van der Waals surface area contributed by atoms with Gasteiger partial charge in [-0.2, -0.15) is 4.37 Å². The average Bonchev–Trinajstić information content (AvgIpc) is 2.50. The summed E-state index contributed by atoms with van der Waals surface area (Å²) in [7, 11) is 2.08. The molecule has 0 aromatic carbocycles. The molecular weight excluding hydrogens is 182 g/mol. The van der Waals surface area contributed by atoms with E-state index >= 15 is 0 Å². The van der Waals surface area contributed by atoms with Gasteiger partial charge in [0, 0.05) is 18.7 Å². The van der Waals surface area contributed by atoms with Gasteiger partial charge in [-0.05, 0) is 31.8 Å². The predicted molar refractivity (Wildman–Crippen MR) is 59.3 cm³/mol. The van der Waals surface area contributed by atoms with Gasteiger partial charge < -0.3 is 10.6 Å². The van der Waals surface area contributed by atoms with Gasteiger partial charge in [0.2, 0.25) is 0 Å². The highest BCUT2D eigenvalue weighted by Crippen LogP contribution is 2.29. The van der Waals surface area contributed by atoms with E-state index in [4.69, 9.17) is 5.73 Å². The summed E-state index contributed by atoms with van der Waals surface area (Å²) in [5, 5.41) is 1.13. The summed E-state index contributed by atoms with van der Waals surface area (Å²) in [5.74, 6) is 0.610. The number of nitrogens with zero attached hydrogens (tertiary/aromatic N) is 2. The third kappa shape index (κ3) is 2.12. The van der Waals surface area contributed by atoms with Crippen molar-refractivity contribution in [1.29, 1.82) is 0 Å². The van der Waals surface area contributed by atoms with Gasteiger partial charge >= 0.3 is 0 Å². The lowest BCUT2D eigenvalue weighted by atomic mass is 10.0. The molecule has 0 atom stereocenters.